The number of anilines is 2. The summed E-state index contributed by atoms with van der Waals surface area (Å²) in [6.07, 6.45) is 1.37. The number of pyridine rings is 1. The Kier molecular flexibility index (Phi) is 7.56. The van der Waals surface area contributed by atoms with Crippen LogP contribution in [-0.4, -0.2) is 54.3 Å². The average Bonchev–Trinajstić information content (AvgIpc) is 3.32. The minimum Gasteiger partial charge on any atom is -0.491 e. The molecule has 1 fully saturated rings. The molecule has 188 valence electrons. The van der Waals surface area contributed by atoms with E-state index in [0.29, 0.717) is 10.7 Å². The number of urea groups is 1. The average molecular weight is 515 g/mol. The van der Waals surface area contributed by atoms with Gasteiger partial charge in [0, 0.05) is 43.0 Å². The molecule has 11 heteroatoms. The summed E-state index contributed by atoms with van der Waals surface area (Å²) in [7, 11) is 2.87. The van der Waals surface area contributed by atoms with Crippen LogP contribution in [0.5, 0.6) is 5.75 Å². The van der Waals surface area contributed by atoms with Crippen LogP contribution in [0.4, 0.5) is 20.6 Å². The Labute approximate surface area is 211 Å². The Morgan fingerprint density at radius 2 is 1.83 bits per heavy atom. The molecule has 1 aromatic heterocycles. The number of likely N-dealkylation sites (tertiary alicyclic amines) is 1. The first-order valence-corrected chi connectivity index (χ1v) is 11.4. The topological polar surface area (TPSA) is 102 Å². The van der Waals surface area contributed by atoms with Gasteiger partial charge in [0.1, 0.15) is 11.9 Å². The summed E-state index contributed by atoms with van der Waals surface area (Å²) < 4.78 is 26.6. The van der Waals surface area contributed by atoms with E-state index in [2.05, 4.69) is 10.6 Å². The highest BCUT2D eigenvalue weighted by Gasteiger charge is 2.40. The third kappa shape index (κ3) is 5.34. The molecule has 2 atom stereocenters. The van der Waals surface area contributed by atoms with Gasteiger partial charge in [-0.15, -0.1) is 0 Å². The minimum atomic E-state index is -0.887. The zero-order valence-electron chi connectivity index (χ0n) is 19.5. The van der Waals surface area contributed by atoms with Crippen LogP contribution in [0.3, 0.4) is 0 Å². The molecule has 0 saturated carbocycles. The molecule has 0 spiro atoms. The van der Waals surface area contributed by atoms with Gasteiger partial charge in [0.2, 0.25) is 5.91 Å². The number of hydrogen-bond donors (Lipinski definition) is 2. The number of halogens is 2. The fourth-order valence-electron chi connectivity index (χ4n) is 3.97. The lowest BCUT2D eigenvalue weighted by atomic mass is 10.1. The van der Waals surface area contributed by atoms with Gasteiger partial charge in [-0.25, -0.2) is 9.18 Å². The molecule has 9 nitrogen and oxygen atoms in total. The molecule has 2 N–H and O–H groups in total. The molecule has 3 aromatic rings. The maximum absolute atomic E-state index is 14.9. The quantitative estimate of drug-likeness (QED) is 0.519. The van der Waals surface area contributed by atoms with Crippen LogP contribution in [0.1, 0.15) is 6.42 Å². The first-order chi connectivity index (χ1) is 17.3. The smallest absolute Gasteiger partial charge is 0.322 e. The van der Waals surface area contributed by atoms with Gasteiger partial charge in [-0.1, -0.05) is 11.6 Å². The zero-order valence-corrected chi connectivity index (χ0v) is 20.3. The van der Waals surface area contributed by atoms with Crippen molar-refractivity contribution in [3.05, 3.63) is 82.0 Å². The highest BCUT2D eigenvalue weighted by Crippen LogP contribution is 2.25. The largest absolute Gasteiger partial charge is 0.491 e. The predicted octanol–water partition coefficient (Wildman–Crippen LogP) is 3.90. The Morgan fingerprint density at radius 1 is 1.08 bits per heavy atom. The van der Waals surface area contributed by atoms with Gasteiger partial charge in [-0.05, 0) is 48.5 Å². The number of methoxy groups -OCH3 is 2. The van der Waals surface area contributed by atoms with Crippen LogP contribution in [-0.2, 0) is 9.53 Å². The second-order valence-corrected chi connectivity index (χ2v) is 8.54. The highest BCUT2D eigenvalue weighted by atomic mass is 35.5. The van der Waals surface area contributed by atoms with Gasteiger partial charge in [-0.2, -0.15) is 0 Å². The number of nitrogens with zero attached hydrogens (tertiary/aromatic N) is 2. The Morgan fingerprint density at radius 3 is 2.50 bits per heavy atom. The normalized spacial score (nSPS) is 17.1. The Bertz CT molecular complexity index is 1330. The fraction of sp³-hybridized carbons (Fsp3) is 0.240. The SMILES string of the molecule is COc1cccn(-c2ccc(NC(=O)[C@H]3C[C@@H](OC)CN3C(=O)Nc3ccc(Cl)cc3)c(F)c2)c1=O. The van der Waals surface area contributed by atoms with Crippen molar-refractivity contribution in [1.29, 1.82) is 0 Å². The highest BCUT2D eigenvalue weighted by molar-refractivity contribution is 6.30. The number of carbonyl (C=O) groups excluding carboxylic acids is 2. The molecule has 0 unspecified atom stereocenters. The van der Waals surface area contributed by atoms with Crippen molar-refractivity contribution >= 4 is 34.9 Å². The summed E-state index contributed by atoms with van der Waals surface area (Å²) in [5.41, 5.74) is 0.242. The molecule has 1 aliphatic heterocycles. The number of nitrogens with one attached hydrogen (secondary N) is 2. The maximum atomic E-state index is 14.9. The number of aromatic nitrogens is 1. The summed E-state index contributed by atoms with van der Waals surface area (Å²) in [5, 5.41) is 5.80. The first-order valence-electron chi connectivity index (χ1n) is 11.0. The molecule has 0 bridgehead atoms. The minimum absolute atomic E-state index is 0.0846. The lowest BCUT2D eigenvalue weighted by Crippen LogP contribution is -2.45. The standard InChI is InChI=1S/C25H24ClFN4O5/c1-35-18-13-21(31(14-18)25(34)28-16-7-5-15(26)6-8-16)23(32)29-20-10-9-17(12-19(20)27)30-11-3-4-22(36-2)24(30)33/h3-12,18,21H,13-14H2,1-2H3,(H,28,34)(H,29,32)/t18-,21-/m1/s1. The lowest BCUT2D eigenvalue weighted by molar-refractivity contribution is -0.119. The molecule has 36 heavy (non-hydrogen) atoms. The van der Waals surface area contributed by atoms with E-state index in [-0.39, 0.29) is 36.2 Å². The number of hydrogen-bond acceptors (Lipinski definition) is 5. The van der Waals surface area contributed by atoms with Gasteiger partial charge >= 0.3 is 6.03 Å². The second kappa shape index (κ2) is 10.8. The van der Waals surface area contributed by atoms with Crippen molar-refractivity contribution < 1.29 is 23.5 Å². The first kappa shape index (κ1) is 25.2. The van der Waals surface area contributed by atoms with E-state index in [1.807, 2.05) is 0 Å². The summed E-state index contributed by atoms with van der Waals surface area (Å²) in [4.78, 5) is 39.8. The number of amides is 3. The molecule has 1 aliphatic rings. The van der Waals surface area contributed by atoms with Gasteiger partial charge in [-0.3, -0.25) is 14.2 Å². The number of benzene rings is 2. The molecule has 0 aliphatic carbocycles. The van der Waals surface area contributed by atoms with Crippen LogP contribution >= 0.6 is 11.6 Å². The van der Waals surface area contributed by atoms with Crippen molar-refractivity contribution in [2.45, 2.75) is 18.6 Å². The number of ether oxygens (including phenoxy) is 2. The van der Waals surface area contributed by atoms with E-state index >= 15 is 0 Å². The lowest BCUT2D eigenvalue weighted by Gasteiger charge is -2.24. The van der Waals surface area contributed by atoms with E-state index in [1.165, 1.54) is 48.1 Å². The van der Waals surface area contributed by atoms with E-state index in [0.717, 1.165) is 6.07 Å². The van der Waals surface area contributed by atoms with Crippen LogP contribution in [0.25, 0.3) is 5.69 Å². The van der Waals surface area contributed by atoms with E-state index in [1.54, 1.807) is 30.3 Å². The summed E-state index contributed by atoms with van der Waals surface area (Å²) in [5.74, 6) is -1.19. The molecule has 2 heterocycles. The molecule has 0 radical (unpaired) electrons. The van der Waals surface area contributed by atoms with Crippen molar-refractivity contribution in [2.75, 3.05) is 31.4 Å². The number of carbonyl (C=O) groups is 2. The fourth-order valence-corrected chi connectivity index (χ4v) is 4.10. The van der Waals surface area contributed by atoms with Crippen molar-refractivity contribution in [1.82, 2.24) is 9.47 Å². The van der Waals surface area contributed by atoms with Crippen LogP contribution in [0.15, 0.2) is 65.6 Å². The monoisotopic (exact) mass is 514 g/mol. The van der Waals surface area contributed by atoms with Crippen LogP contribution < -0.4 is 20.9 Å². The molecule has 2 aromatic carbocycles. The van der Waals surface area contributed by atoms with Gasteiger partial charge in [0.05, 0.1) is 24.6 Å². The second-order valence-electron chi connectivity index (χ2n) is 8.10. The third-order valence-electron chi connectivity index (χ3n) is 5.88. The Balaban J connectivity index is 1.51. The molecule has 1 saturated heterocycles. The zero-order chi connectivity index (χ0) is 25.8. The maximum Gasteiger partial charge on any atom is 0.322 e. The predicted molar refractivity (Wildman–Crippen MR) is 134 cm³/mol. The summed E-state index contributed by atoms with van der Waals surface area (Å²) in [6, 6.07) is 12.3. The summed E-state index contributed by atoms with van der Waals surface area (Å²) >= 11 is 5.89. The van der Waals surface area contributed by atoms with Crippen molar-refractivity contribution in [3.63, 3.8) is 0 Å². The van der Waals surface area contributed by atoms with Gasteiger partial charge in [0.25, 0.3) is 5.56 Å². The van der Waals surface area contributed by atoms with E-state index < -0.39 is 29.4 Å². The van der Waals surface area contributed by atoms with Crippen LogP contribution in [0.2, 0.25) is 5.02 Å². The summed E-state index contributed by atoms with van der Waals surface area (Å²) in [6.45, 7) is 0.189. The van der Waals surface area contributed by atoms with E-state index in [4.69, 9.17) is 21.1 Å². The van der Waals surface area contributed by atoms with Crippen molar-refractivity contribution in [3.8, 4) is 11.4 Å². The number of rotatable bonds is 6. The van der Waals surface area contributed by atoms with Gasteiger partial charge in [0.15, 0.2) is 5.75 Å². The van der Waals surface area contributed by atoms with Crippen LogP contribution in [0, 0.1) is 5.82 Å². The van der Waals surface area contributed by atoms with Crippen molar-refractivity contribution in [2.24, 2.45) is 0 Å². The third-order valence-corrected chi connectivity index (χ3v) is 6.13. The molecule has 3 amide bonds. The van der Waals surface area contributed by atoms with Gasteiger partial charge < -0.3 is 25.0 Å². The molecular formula is C25H24ClFN4O5. The molecular weight excluding hydrogens is 491 g/mol. The molecule has 4 rings (SSSR count). The van der Waals surface area contributed by atoms with E-state index in [9.17, 15) is 18.8 Å². The Hall–Kier alpha value is -3.89.